The van der Waals surface area contributed by atoms with Crippen molar-refractivity contribution in [3.63, 3.8) is 0 Å². The summed E-state index contributed by atoms with van der Waals surface area (Å²) >= 11 is 0. The second-order valence-electron chi connectivity index (χ2n) is 8.67. The molecule has 0 aliphatic heterocycles. The largest absolute Gasteiger partial charge is 0.326 e. The van der Waals surface area contributed by atoms with Crippen LogP contribution in [0.25, 0.3) is 0 Å². The van der Waals surface area contributed by atoms with Crippen molar-refractivity contribution in [2.75, 3.05) is 11.9 Å². The first-order chi connectivity index (χ1) is 15.8. The molecule has 0 spiro atoms. The number of carbonyl (C=O) groups is 1. The topological polar surface area (TPSA) is 71.3 Å². The van der Waals surface area contributed by atoms with Crippen LogP contribution in [0, 0.1) is 20.8 Å². The van der Waals surface area contributed by atoms with Gasteiger partial charge in [-0.25, -0.2) is 0 Å². The Kier molecular flexibility index (Phi) is 8.04. The van der Waals surface area contributed by atoms with E-state index in [4.69, 9.17) is 4.99 Å². The average molecular weight is 446 g/mol. The Balaban J connectivity index is 1.79. The lowest BCUT2D eigenvalue weighted by atomic mass is 10.0. The molecular weight excluding hydrogens is 410 g/mol. The Hall–Kier alpha value is -3.41. The van der Waals surface area contributed by atoms with E-state index in [1.54, 1.807) is 0 Å². The van der Waals surface area contributed by atoms with Crippen LogP contribution in [0.1, 0.15) is 65.1 Å². The maximum atomic E-state index is 12.9. The van der Waals surface area contributed by atoms with Crippen molar-refractivity contribution < 1.29 is 4.79 Å². The van der Waals surface area contributed by atoms with Gasteiger partial charge in [0.1, 0.15) is 0 Å². The van der Waals surface area contributed by atoms with Crippen molar-refractivity contribution in [2.45, 2.75) is 60.4 Å². The van der Waals surface area contributed by atoms with Crippen LogP contribution < -0.4 is 10.6 Å². The van der Waals surface area contributed by atoms with E-state index in [9.17, 15) is 4.79 Å². The summed E-state index contributed by atoms with van der Waals surface area (Å²) in [7, 11) is 0. The van der Waals surface area contributed by atoms with Crippen molar-refractivity contribution in [3.8, 4) is 0 Å². The van der Waals surface area contributed by atoms with E-state index in [1.165, 1.54) is 16.8 Å². The lowest BCUT2D eigenvalue weighted by Gasteiger charge is -2.13. The van der Waals surface area contributed by atoms with Gasteiger partial charge in [0.15, 0.2) is 0 Å². The van der Waals surface area contributed by atoms with Gasteiger partial charge in [-0.3, -0.25) is 19.8 Å². The van der Waals surface area contributed by atoms with Gasteiger partial charge in [-0.05, 0) is 75.4 Å². The number of benzene rings is 2. The molecule has 174 valence electrons. The van der Waals surface area contributed by atoms with Crippen LogP contribution in [0.5, 0.6) is 0 Å². The number of guanidine groups is 1. The van der Waals surface area contributed by atoms with Gasteiger partial charge in [0, 0.05) is 30.0 Å². The number of amides is 1. The minimum Gasteiger partial charge on any atom is -0.326 e. The zero-order chi connectivity index (χ0) is 24.0. The van der Waals surface area contributed by atoms with E-state index in [2.05, 4.69) is 55.6 Å². The van der Waals surface area contributed by atoms with Crippen molar-refractivity contribution in [2.24, 2.45) is 4.99 Å². The number of nitrogens with one attached hydrogen (secondary N) is 2. The van der Waals surface area contributed by atoms with Gasteiger partial charge in [-0.1, -0.05) is 43.7 Å². The molecule has 1 aromatic heterocycles. The van der Waals surface area contributed by atoms with Gasteiger partial charge < -0.3 is 5.32 Å². The molecule has 6 heteroatoms. The number of nitrogens with zero attached hydrogens (tertiary/aromatic N) is 3. The van der Waals surface area contributed by atoms with Crippen LogP contribution >= 0.6 is 0 Å². The third-order valence-electron chi connectivity index (χ3n) is 5.81. The molecular formula is C27H35N5O. The number of rotatable bonds is 7. The van der Waals surface area contributed by atoms with Crippen molar-refractivity contribution in [3.05, 3.63) is 82.2 Å². The molecule has 2 aromatic carbocycles. The Labute approximate surface area is 197 Å². The Bertz CT molecular complexity index is 1130. The van der Waals surface area contributed by atoms with Crippen LogP contribution in [0.4, 0.5) is 5.69 Å². The SMILES string of the molecule is CCn1nc(C)c(CCN=C(NC(=O)c2cccc(C)c2)Nc2ccc(C(C)C)cc2)c1C. The molecule has 0 bridgehead atoms. The van der Waals surface area contributed by atoms with Gasteiger partial charge in [0.25, 0.3) is 5.91 Å². The lowest BCUT2D eigenvalue weighted by molar-refractivity contribution is 0.0977. The summed E-state index contributed by atoms with van der Waals surface area (Å²) in [5.41, 5.74) is 7.22. The summed E-state index contributed by atoms with van der Waals surface area (Å²) in [6.07, 6.45) is 0.759. The molecule has 0 saturated heterocycles. The highest BCUT2D eigenvalue weighted by atomic mass is 16.1. The first-order valence-corrected chi connectivity index (χ1v) is 11.6. The number of aryl methyl sites for hydroxylation is 3. The van der Waals surface area contributed by atoms with E-state index in [-0.39, 0.29) is 5.91 Å². The fourth-order valence-corrected chi connectivity index (χ4v) is 3.85. The molecule has 0 saturated carbocycles. The summed E-state index contributed by atoms with van der Waals surface area (Å²) < 4.78 is 2.02. The highest BCUT2D eigenvalue weighted by Gasteiger charge is 2.12. The molecule has 0 atom stereocenters. The van der Waals surface area contributed by atoms with Crippen molar-refractivity contribution in [1.29, 1.82) is 0 Å². The fourth-order valence-electron chi connectivity index (χ4n) is 3.85. The molecule has 33 heavy (non-hydrogen) atoms. The van der Waals surface area contributed by atoms with Crippen LogP contribution in [0.15, 0.2) is 53.5 Å². The van der Waals surface area contributed by atoms with Crippen LogP contribution in [-0.2, 0) is 13.0 Å². The summed E-state index contributed by atoms with van der Waals surface area (Å²) in [4.78, 5) is 17.6. The van der Waals surface area contributed by atoms with Crippen LogP contribution in [-0.4, -0.2) is 28.2 Å². The molecule has 1 heterocycles. The normalized spacial score (nSPS) is 11.7. The lowest BCUT2D eigenvalue weighted by Crippen LogP contribution is -2.36. The quantitative estimate of drug-likeness (QED) is 0.378. The molecule has 2 N–H and O–H groups in total. The summed E-state index contributed by atoms with van der Waals surface area (Å²) in [6.45, 7) is 13.9. The summed E-state index contributed by atoms with van der Waals surface area (Å²) in [5, 5.41) is 10.8. The van der Waals surface area contributed by atoms with E-state index in [0.29, 0.717) is 24.0 Å². The predicted octanol–water partition coefficient (Wildman–Crippen LogP) is 5.39. The Morgan fingerprint density at radius 3 is 2.42 bits per heavy atom. The number of carbonyl (C=O) groups excluding carboxylic acids is 1. The molecule has 0 fully saturated rings. The molecule has 1 amide bonds. The van der Waals surface area contributed by atoms with Gasteiger partial charge in [-0.2, -0.15) is 5.10 Å². The minimum absolute atomic E-state index is 0.185. The first-order valence-electron chi connectivity index (χ1n) is 11.6. The van der Waals surface area contributed by atoms with Gasteiger partial charge in [-0.15, -0.1) is 0 Å². The Morgan fingerprint density at radius 1 is 1.09 bits per heavy atom. The number of aliphatic imine (C=N–C) groups is 1. The standard InChI is InChI=1S/C27H35N5O/c1-7-32-21(6)25(20(5)31-32)15-16-28-27(29-24-13-11-22(12-14-24)18(2)3)30-26(33)23-10-8-9-19(4)17-23/h8-14,17-18H,7,15-16H2,1-6H3,(H2,28,29,30,33). The van der Waals surface area contributed by atoms with E-state index < -0.39 is 0 Å². The first kappa shape index (κ1) is 24.2. The van der Waals surface area contributed by atoms with Crippen LogP contribution in [0.2, 0.25) is 0 Å². The summed E-state index contributed by atoms with van der Waals surface area (Å²) in [6, 6.07) is 15.8. The number of anilines is 1. The van der Waals surface area contributed by atoms with Crippen molar-refractivity contribution >= 4 is 17.6 Å². The third kappa shape index (κ3) is 6.31. The monoisotopic (exact) mass is 445 g/mol. The second kappa shape index (κ2) is 10.9. The van der Waals surface area contributed by atoms with Crippen LogP contribution in [0.3, 0.4) is 0 Å². The third-order valence-corrected chi connectivity index (χ3v) is 5.81. The van der Waals surface area contributed by atoms with Gasteiger partial charge >= 0.3 is 0 Å². The minimum atomic E-state index is -0.185. The maximum absolute atomic E-state index is 12.9. The second-order valence-corrected chi connectivity index (χ2v) is 8.67. The number of aromatic nitrogens is 2. The molecule has 0 unspecified atom stereocenters. The van der Waals surface area contributed by atoms with E-state index in [0.717, 1.165) is 29.9 Å². The zero-order valence-corrected chi connectivity index (χ0v) is 20.6. The van der Waals surface area contributed by atoms with E-state index in [1.807, 2.05) is 54.9 Å². The van der Waals surface area contributed by atoms with E-state index >= 15 is 0 Å². The molecule has 0 aliphatic carbocycles. The molecule has 6 nitrogen and oxygen atoms in total. The molecule has 3 aromatic rings. The average Bonchev–Trinajstić information content (AvgIpc) is 3.07. The number of hydrogen-bond donors (Lipinski definition) is 2. The maximum Gasteiger partial charge on any atom is 0.257 e. The number of hydrogen-bond acceptors (Lipinski definition) is 3. The fraction of sp³-hybridized carbons (Fsp3) is 0.370. The molecule has 0 aliphatic rings. The predicted molar refractivity (Wildman–Crippen MR) is 136 cm³/mol. The van der Waals surface area contributed by atoms with Crippen molar-refractivity contribution in [1.82, 2.24) is 15.1 Å². The zero-order valence-electron chi connectivity index (χ0n) is 20.6. The molecule has 0 radical (unpaired) electrons. The van der Waals surface area contributed by atoms with Gasteiger partial charge in [0.2, 0.25) is 5.96 Å². The van der Waals surface area contributed by atoms with Gasteiger partial charge in [0.05, 0.1) is 5.69 Å². The molecule has 3 rings (SSSR count). The smallest absolute Gasteiger partial charge is 0.257 e. The highest BCUT2D eigenvalue weighted by molar-refractivity contribution is 6.10. The summed E-state index contributed by atoms with van der Waals surface area (Å²) in [5.74, 6) is 0.718. The Morgan fingerprint density at radius 2 is 1.82 bits per heavy atom. The highest BCUT2D eigenvalue weighted by Crippen LogP contribution is 2.17.